The third-order valence-corrected chi connectivity index (χ3v) is 3.88. The summed E-state index contributed by atoms with van der Waals surface area (Å²) in [7, 11) is 1.56. The van der Waals surface area contributed by atoms with Crippen LogP contribution in [-0.4, -0.2) is 30.6 Å². The molecule has 0 fully saturated rings. The molecule has 0 aromatic heterocycles. The fraction of sp³-hybridized carbons (Fsp3) is 0.158. The number of methoxy groups -OCH3 is 1. The Kier molecular flexibility index (Phi) is 4.33. The second-order valence-electron chi connectivity index (χ2n) is 5.20. The standard InChI is InChI=1S/C19H17NO4/c1-3-24-19(21)17-16(12-7-5-4-6-8-12)14-10-9-13(23-2)11-15(14)18(17)20-22/h4-11,22H,3H2,1-2H3/b20-18+. The lowest BCUT2D eigenvalue weighted by Crippen LogP contribution is -2.15. The van der Waals surface area contributed by atoms with E-state index in [-0.39, 0.29) is 17.9 Å². The second-order valence-corrected chi connectivity index (χ2v) is 5.20. The molecule has 1 aliphatic rings. The lowest BCUT2D eigenvalue weighted by atomic mass is 9.97. The number of rotatable bonds is 4. The predicted octanol–water partition coefficient (Wildman–Crippen LogP) is 3.25. The van der Waals surface area contributed by atoms with Gasteiger partial charge in [0.1, 0.15) is 11.5 Å². The highest BCUT2D eigenvalue weighted by molar-refractivity contribution is 6.37. The van der Waals surface area contributed by atoms with Gasteiger partial charge in [-0.25, -0.2) is 4.79 Å². The van der Waals surface area contributed by atoms with E-state index in [1.54, 1.807) is 20.1 Å². The van der Waals surface area contributed by atoms with E-state index < -0.39 is 5.97 Å². The predicted molar refractivity (Wildman–Crippen MR) is 90.4 cm³/mol. The summed E-state index contributed by atoms with van der Waals surface area (Å²) >= 11 is 0. The minimum Gasteiger partial charge on any atom is -0.497 e. The molecule has 1 N–H and O–H groups in total. The lowest BCUT2D eigenvalue weighted by molar-refractivity contribution is -0.137. The van der Waals surface area contributed by atoms with Crippen LogP contribution in [0.3, 0.4) is 0 Å². The maximum atomic E-state index is 12.5. The van der Waals surface area contributed by atoms with E-state index >= 15 is 0 Å². The van der Waals surface area contributed by atoms with Crippen LogP contribution >= 0.6 is 0 Å². The Hall–Kier alpha value is -3.08. The van der Waals surface area contributed by atoms with Crippen LogP contribution in [0.1, 0.15) is 23.6 Å². The van der Waals surface area contributed by atoms with Gasteiger partial charge in [0, 0.05) is 11.1 Å². The molecule has 5 heteroatoms. The number of ether oxygens (including phenoxy) is 2. The first-order valence-corrected chi connectivity index (χ1v) is 7.59. The molecule has 0 aliphatic heterocycles. The fourth-order valence-corrected chi connectivity index (χ4v) is 2.86. The zero-order valence-corrected chi connectivity index (χ0v) is 13.4. The number of fused-ring (bicyclic) bond motifs is 1. The van der Waals surface area contributed by atoms with Crippen LogP contribution in [0.2, 0.25) is 0 Å². The Morgan fingerprint density at radius 1 is 1.12 bits per heavy atom. The third kappa shape index (κ3) is 2.54. The van der Waals surface area contributed by atoms with Crippen LogP contribution in [-0.2, 0) is 9.53 Å². The lowest BCUT2D eigenvalue weighted by Gasteiger charge is -2.08. The smallest absolute Gasteiger partial charge is 0.341 e. The Balaban J connectivity index is 2.28. The Morgan fingerprint density at radius 2 is 1.88 bits per heavy atom. The summed E-state index contributed by atoms with van der Waals surface area (Å²) in [5.41, 5.74) is 3.44. The second kappa shape index (κ2) is 6.58. The molecule has 2 aromatic carbocycles. The highest BCUT2D eigenvalue weighted by Gasteiger charge is 2.34. The van der Waals surface area contributed by atoms with Gasteiger partial charge in [0.25, 0.3) is 0 Å². The van der Waals surface area contributed by atoms with Gasteiger partial charge in [-0.15, -0.1) is 0 Å². The molecule has 0 bridgehead atoms. The monoisotopic (exact) mass is 323 g/mol. The number of benzene rings is 2. The summed E-state index contributed by atoms with van der Waals surface area (Å²) < 4.78 is 10.4. The molecular formula is C19H17NO4. The van der Waals surface area contributed by atoms with E-state index in [1.807, 2.05) is 42.5 Å². The van der Waals surface area contributed by atoms with Crippen molar-refractivity contribution in [3.05, 3.63) is 70.8 Å². The molecule has 0 saturated heterocycles. The zero-order valence-electron chi connectivity index (χ0n) is 13.4. The molecule has 24 heavy (non-hydrogen) atoms. The molecule has 3 rings (SSSR count). The quantitative estimate of drug-likeness (QED) is 0.533. The maximum absolute atomic E-state index is 12.5. The molecular weight excluding hydrogens is 306 g/mol. The summed E-state index contributed by atoms with van der Waals surface area (Å²) in [4.78, 5) is 12.5. The molecule has 2 aromatic rings. The summed E-state index contributed by atoms with van der Waals surface area (Å²) in [5, 5.41) is 12.9. The van der Waals surface area contributed by atoms with E-state index in [0.29, 0.717) is 16.9 Å². The third-order valence-electron chi connectivity index (χ3n) is 3.88. The van der Waals surface area contributed by atoms with Crippen molar-refractivity contribution in [1.82, 2.24) is 0 Å². The van der Waals surface area contributed by atoms with Crippen molar-refractivity contribution in [3.8, 4) is 5.75 Å². The molecule has 0 spiro atoms. The van der Waals surface area contributed by atoms with Crippen molar-refractivity contribution in [3.63, 3.8) is 0 Å². The van der Waals surface area contributed by atoms with Gasteiger partial charge < -0.3 is 14.7 Å². The molecule has 0 atom stereocenters. The Morgan fingerprint density at radius 3 is 2.50 bits per heavy atom. The van der Waals surface area contributed by atoms with Crippen LogP contribution in [0.15, 0.2) is 59.3 Å². The van der Waals surface area contributed by atoms with Crippen molar-refractivity contribution >= 4 is 17.3 Å². The van der Waals surface area contributed by atoms with Gasteiger partial charge in [0.2, 0.25) is 0 Å². The van der Waals surface area contributed by atoms with Crippen LogP contribution < -0.4 is 4.74 Å². The van der Waals surface area contributed by atoms with Gasteiger partial charge in [-0.05, 0) is 36.2 Å². The van der Waals surface area contributed by atoms with E-state index in [1.165, 1.54) is 0 Å². The van der Waals surface area contributed by atoms with E-state index in [0.717, 1.165) is 11.1 Å². The highest BCUT2D eigenvalue weighted by Crippen LogP contribution is 2.39. The van der Waals surface area contributed by atoms with Crippen LogP contribution in [0, 0.1) is 0 Å². The van der Waals surface area contributed by atoms with E-state index in [2.05, 4.69) is 5.16 Å². The number of nitrogens with zero attached hydrogens (tertiary/aromatic N) is 1. The van der Waals surface area contributed by atoms with Crippen LogP contribution in [0.5, 0.6) is 5.75 Å². The molecule has 122 valence electrons. The molecule has 5 nitrogen and oxygen atoms in total. The molecule has 0 amide bonds. The van der Waals surface area contributed by atoms with E-state index in [9.17, 15) is 10.0 Å². The number of carbonyl (C=O) groups is 1. The summed E-state index contributed by atoms with van der Waals surface area (Å²) in [6.07, 6.45) is 0. The largest absolute Gasteiger partial charge is 0.497 e. The number of hydrogen-bond acceptors (Lipinski definition) is 5. The maximum Gasteiger partial charge on any atom is 0.341 e. The number of esters is 1. The molecule has 0 saturated carbocycles. The number of hydrogen-bond donors (Lipinski definition) is 1. The summed E-state index contributed by atoms with van der Waals surface area (Å²) in [6, 6.07) is 14.9. The van der Waals surface area contributed by atoms with Gasteiger partial charge in [-0.2, -0.15) is 0 Å². The van der Waals surface area contributed by atoms with E-state index in [4.69, 9.17) is 9.47 Å². The molecule has 0 radical (unpaired) electrons. The van der Waals surface area contributed by atoms with Crippen molar-refractivity contribution in [1.29, 1.82) is 0 Å². The average molecular weight is 323 g/mol. The summed E-state index contributed by atoms with van der Waals surface area (Å²) in [5.74, 6) is 0.103. The minimum atomic E-state index is -0.515. The highest BCUT2D eigenvalue weighted by atomic mass is 16.5. The summed E-state index contributed by atoms with van der Waals surface area (Å²) in [6.45, 7) is 1.98. The number of oxime groups is 1. The Labute approximate surface area is 139 Å². The van der Waals surface area contributed by atoms with Gasteiger partial charge in [0.05, 0.1) is 19.3 Å². The van der Waals surface area contributed by atoms with Crippen molar-refractivity contribution in [2.75, 3.05) is 13.7 Å². The first kappa shape index (κ1) is 15.8. The average Bonchev–Trinajstić information content (AvgIpc) is 2.96. The van der Waals surface area contributed by atoms with Gasteiger partial charge >= 0.3 is 5.97 Å². The van der Waals surface area contributed by atoms with Crippen LogP contribution in [0.25, 0.3) is 5.57 Å². The van der Waals surface area contributed by atoms with Crippen LogP contribution in [0.4, 0.5) is 0 Å². The van der Waals surface area contributed by atoms with Gasteiger partial charge in [-0.3, -0.25) is 0 Å². The normalized spacial score (nSPS) is 14.7. The fourth-order valence-electron chi connectivity index (χ4n) is 2.86. The topological polar surface area (TPSA) is 68.1 Å². The zero-order chi connectivity index (χ0) is 17.1. The van der Waals surface area contributed by atoms with Crippen molar-refractivity contribution in [2.45, 2.75) is 6.92 Å². The molecule has 0 heterocycles. The number of carbonyl (C=O) groups excluding carboxylic acids is 1. The van der Waals surface area contributed by atoms with Crippen molar-refractivity contribution < 1.29 is 19.5 Å². The Bertz CT molecular complexity index is 838. The molecule has 1 aliphatic carbocycles. The SMILES string of the molecule is CCOC(=O)C1=C(c2ccccc2)c2ccc(OC)cc2/C1=N\O. The minimum absolute atomic E-state index is 0.196. The van der Waals surface area contributed by atoms with Gasteiger partial charge in [0.15, 0.2) is 0 Å². The first-order chi connectivity index (χ1) is 11.7. The van der Waals surface area contributed by atoms with Gasteiger partial charge in [-0.1, -0.05) is 35.5 Å². The first-order valence-electron chi connectivity index (χ1n) is 7.59. The van der Waals surface area contributed by atoms with Crippen molar-refractivity contribution in [2.24, 2.45) is 5.16 Å². The molecule has 0 unspecified atom stereocenters.